The number of likely N-dealkylation sites (tertiary alicyclic amines) is 1. The highest BCUT2D eigenvalue weighted by molar-refractivity contribution is 6.32. The van der Waals surface area contributed by atoms with Crippen LogP contribution in [-0.4, -0.2) is 47.6 Å². The molecule has 2 fully saturated rings. The van der Waals surface area contributed by atoms with Crippen molar-refractivity contribution in [1.29, 1.82) is 0 Å². The van der Waals surface area contributed by atoms with E-state index in [0.717, 1.165) is 25.0 Å². The van der Waals surface area contributed by atoms with Gasteiger partial charge in [-0.05, 0) is 55.7 Å². The van der Waals surface area contributed by atoms with E-state index in [0.29, 0.717) is 42.8 Å². The lowest BCUT2D eigenvalue weighted by Gasteiger charge is -2.42. The van der Waals surface area contributed by atoms with Gasteiger partial charge in [-0.1, -0.05) is 25.4 Å². The number of benzene rings is 1. The number of halogens is 1. The number of amides is 1. The summed E-state index contributed by atoms with van der Waals surface area (Å²) >= 11 is 6.33. The van der Waals surface area contributed by atoms with Crippen molar-refractivity contribution in [3.8, 4) is 11.5 Å². The summed E-state index contributed by atoms with van der Waals surface area (Å²) in [7, 11) is 1.46. The van der Waals surface area contributed by atoms with E-state index in [9.17, 15) is 14.7 Å². The Morgan fingerprint density at radius 2 is 1.88 bits per heavy atom. The third-order valence-corrected chi connectivity index (χ3v) is 7.16. The fraction of sp³-hybridized carbons (Fsp3) is 0.560. The summed E-state index contributed by atoms with van der Waals surface area (Å²) in [5.41, 5.74) is 2.56. The van der Waals surface area contributed by atoms with Gasteiger partial charge in [0.1, 0.15) is 5.78 Å². The van der Waals surface area contributed by atoms with Gasteiger partial charge < -0.3 is 14.7 Å². The Morgan fingerprint density at radius 3 is 2.53 bits per heavy atom. The van der Waals surface area contributed by atoms with Gasteiger partial charge in [0.25, 0.3) is 5.91 Å². The van der Waals surface area contributed by atoms with E-state index in [1.807, 2.05) is 11.8 Å². The van der Waals surface area contributed by atoms with Crippen LogP contribution in [0.25, 0.3) is 0 Å². The maximum Gasteiger partial charge on any atom is 0.252 e. The third-order valence-electron chi connectivity index (χ3n) is 6.87. The van der Waals surface area contributed by atoms with Crippen molar-refractivity contribution in [1.82, 2.24) is 4.90 Å². The van der Waals surface area contributed by atoms with Crippen LogP contribution in [0.2, 0.25) is 5.02 Å². The number of piperidine rings is 1. The van der Waals surface area contributed by atoms with Gasteiger partial charge >= 0.3 is 0 Å². The normalized spacial score (nSPS) is 25.3. The summed E-state index contributed by atoms with van der Waals surface area (Å²) in [4.78, 5) is 33.9. The average Bonchev–Trinajstić information content (AvgIpc) is 2.74. The van der Waals surface area contributed by atoms with Crippen molar-refractivity contribution in [2.75, 3.05) is 20.2 Å². The number of nitrogens with zero attached hydrogens (tertiary/aromatic N) is 2. The van der Waals surface area contributed by atoms with Gasteiger partial charge in [-0.15, -0.1) is 0 Å². The predicted molar refractivity (Wildman–Crippen MR) is 124 cm³/mol. The molecule has 0 bridgehead atoms. The van der Waals surface area contributed by atoms with Crippen LogP contribution < -0.4 is 4.74 Å². The summed E-state index contributed by atoms with van der Waals surface area (Å²) in [6, 6.07) is 3.34. The summed E-state index contributed by atoms with van der Waals surface area (Å²) < 4.78 is 5.33. The van der Waals surface area contributed by atoms with E-state index in [-0.39, 0.29) is 33.6 Å². The van der Waals surface area contributed by atoms with Gasteiger partial charge in [0.15, 0.2) is 11.5 Å². The topological polar surface area (TPSA) is 79.2 Å². The lowest BCUT2D eigenvalue weighted by Crippen LogP contribution is -2.46. The minimum atomic E-state index is -0.513. The number of Topliss-reactive ketones (excluding diaryl/α,β-unsaturated/α-hetero) is 1. The van der Waals surface area contributed by atoms with Crippen LogP contribution in [0.4, 0.5) is 0 Å². The van der Waals surface area contributed by atoms with Crippen LogP contribution in [0.1, 0.15) is 64.4 Å². The molecule has 7 heteroatoms. The number of fused-ring (bicyclic) bond motifs is 1. The molecule has 6 nitrogen and oxygen atoms in total. The van der Waals surface area contributed by atoms with E-state index >= 15 is 0 Å². The Labute approximate surface area is 194 Å². The first-order chi connectivity index (χ1) is 15.1. The van der Waals surface area contributed by atoms with Crippen molar-refractivity contribution in [2.24, 2.45) is 16.3 Å². The molecule has 1 N–H and O–H groups in total. The number of phenolic OH excluding ortho intramolecular Hbond substituents is 1. The molecule has 1 aromatic rings. The molecular formula is C25H31ClN2O4. The fourth-order valence-corrected chi connectivity index (χ4v) is 5.65. The predicted octanol–water partition coefficient (Wildman–Crippen LogP) is 4.88. The molecule has 0 radical (unpaired) electrons. The second-order valence-electron chi connectivity index (χ2n) is 9.95. The molecule has 0 spiro atoms. The number of ketones is 1. The Morgan fingerprint density at radius 1 is 1.19 bits per heavy atom. The molecule has 1 saturated heterocycles. The molecule has 172 valence electrons. The Kier molecular flexibility index (Phi) is 6.10. The molecule has 2 aliphatic heterocycles. The number of carbonyl (C=O) groups is 2. The average molecular weight is 459 g/mol. The maximum absolute atomic E-state index is 13.7. The lowest BCUT2D eigenvalue weighted by atomic mass is 9.63. The first kappa shape index (κ1) is 22.8. The van der Waals surface area contributed by atoms with E-state index in [4.69, 9.17) is 21.3 Å². The number of phenols is 1. The smallest absolute Gasteiger partial charge is 0.252 e. The van der Waals surface area contributed by atoms with E-state index in [1.54, 1.807) is 12.1 Å². The zero-order valence-corrected chi connectivity index (χ0v) is 20.0. The van der Waals surface area contributed by atoms with E-state index < -0.39 is 11.8 Å². The second kappa shape index (κ2) is 8.54. The largest absolute Gasteiger partial charge is 0.503 e. The highest BCUT2D eigenvalue weighted by Gasteiger charge is 2.48. The van der Waals surface area contributed by atoms with E-state index in [2.05, 4.69) is 13.8 Å². The standard InChI is InChI=1S/C25H31ClN2O4/c1-14-20(24(31)28-8-6-5-7-9-28)21(15-10-16(26)23(30)19(11-15)32-4)22-17(27-14)12-25(2,3)13-18(22)29/h10-11,21-22,30H,5-9,12-13H2,1-4H3/t21-,22-/m0/s1. The first-order valence-corrected chi connectivity index (χ1v) is 11.7. The summed E-state index contributed by atoms with van der Waals surface area (Å²) in [6.45, 7) is 7.44. The molecule has 0 aromatic heterocycles. The summed E-state index contributed by atoms with van der Waals surface area (Å²) in [5, 5.41) is 10.4. The second-order valence-corrected chi connectivity index (χ2v) is 10.4. The fourth-order valence-electron chi connectivity index (χ4n) is 5.43. The summed E-state index contributed by atoms with van der Waals surface area (Å²) in [6.07, 6.45) is 4.21. The van der Waals surface area contributed by atoms with E-state index in [1.165, 1.54) is 7.11 Å². The van der Waals surface area contributed by atoms with Crippen LogP contribution in [0.5, 0.6) is 11.5 Å². The number of aliphatic imine (C=N–C) groups is 1. The van der Waals surface area contributed by atoms with Gasteiger partial charge in [0, 0.05) is 42.4 Å². The van der Waals surface area contributed by atoms with Gasteiger partial charge in [-0.3, -0.25) is 14.6 Å². The molecule has 1 aliphatic carbocycles. The molecular weight excluding hydrogens is 428 g/mol. The highest BCUT2D eigenvalue weighted by atomic mass is 35.5. The number of aromatic hydroxyl groups is 1. The molecule has 4 rings (SSSR count). The van der Waals surface area contributed by atoms with Crippen LogP contribution in [0, 0.1) is 11.3 Å². The minimum Gasteiger partial charge on any atom is -0.503 e. The van der Waals surface area contributed by atoms with Crippen LogP contribution >= 0.6 is 11.6 Å². The first-order valence-electron chi connectivity index (χ1n) is 11.3. The van der Waals surface area contributed by atoms with Gasteiger partial charge in [-0.2, -0.15) is 0 Å². The number of hydrogen-bond donors (Lipinski definition) is 1. The quantitative estimate of drug-likeness (QED) is 0.699. The Bertz CT molecular complexity index is 1020. The molecule has 3 aliphatic rings. The van der Waals surface area contributed by atoms with Gasteiger partial charge in [0.2, 0.25) is 0 Å². The molecule has 2 atom stereocenters. The van der Waals surface area contributed by atoms with Crippen molar-refractivity contribution < 1.29 is 19.4 Å². The number of hydrogen-bond acceptors (Lipinski definition) is 5. The number of rotatable bonds is 3. The molecule has 1 aromatic carbocycles. The number of carbonyl (C=O) groups excluding carboxylic acids is 2. The Balaban J connectivity index is 1.88. The molecule has 0 unspecified atom stereocenters. The monoisotopic (exact) mass is 458 g/mol. The minimum absolute atomic E-state index is 0.0594. The maximum atomic E-state index is 13.7. The van der Waals surface area contributed by atoms with Gasteiger partial charge in [0.05, 0.1) is 18.1 Å². The molecule has 1 saturated carbocycles. The zero-order valence-electron chi connectivity index (χ0n) is 19.2. The third kappa shape index (κ3) is 4.05. The zero-order chi connectivity index (χ0) is 23.2. The highest BCUT2D eigenvalue weighted by Crippen LogP contribution is 2.49. The Hall–Kier alpha value is -2.34. The van der Waals surface area contributed by atoms with Crippen molar-refractivity contribution in [3.63, 3.8) is 0 Å². The molecule has 2 heterocycles. The van der Waals surface area contributed by atoms with Crippen LogP contribution in [0.15, 0.2) is 28.4 Å². The molecule has 32 heavy (non-hydrogen) atoms. The van der Waals surface area contributed by atoms with Crippen molar-refractivity contribution in [2.45, 2.75) is 58.8 Å². The van der Waals surface area contributed by atoms with Crippen molar-refractivity contribution >= 4 is 29.0 Å². The summed E-state index contributed by atoms with van der Waals surface area (Å²) in [5.74, 6) is -0.917. The van der Waals surface area contributed by atoms with Crippen molar-refractivity contribution in [3.05, 3.63) is 34.0 Å². The van der Waals surface area contributed by atoms with Crippen LogP contribution in [-0.2, 0) is 9.59 Å². The molecule has 1 amide bonds. The van der Waals surface area contributed by atoms with Crippen LogP contribution in [0.3, 0.4) is 0 Å². The SMILES string of the molecule is COc1cc([C@H]2C(C(=O)N3CCCCC3)=C(C)N=C3CC(C)(C)CC(=O)[C@H]32)cc(Cl)c1O. The number of ether oxygens (including phenoxy) is 1. The number of allylic oxidation sites excluding steroid dienone is 1. The lowest BCUT2D eigenvalue weighted by molar-refractivity contribution is -0.128. The van der Waals surface area contributed by atoms with Gasteiger partial charge in [-0.25, -0.2) is 0 Å². The number of methoxy groups -OCH3 is 1.